The monoisotopic (exact) mass is 98.1 g/mol. The molecule has 0 amide bonds. The molecule has 0 aliphatic heterocycles. The molecule has 39 valence electrons. The summed E-state index contributed by atoms with van der Waals surface area (Å²) in [6, 6.07) is 0. The van der Waals surface area contributed by atoms with Crippen molar-refractivity contribution < 1.29 is 4.79 Å². The molecule has 0 fully saturated rings. The Hall–Kier alpha value is -0.790. The maximum atomic E-state index is 10.1. The van der Waals surface area contributed by atoms with Gasteiger partial charge < -0.3 is 5.73 Å². The van der Waals surface area contributed by atoms with Gasteiger partial charge in [-0.3, -0.25) is 4.79 Å². The predicted molar refractivity (Wildman–Crippen MR) is 27.5 cm³/mol. The van der Waals surface area contributed by atoms with Crippen molar-refractivity contribution in [3.8, 4) is 0 Å². The molecule has 1 radical (unpaired) electrons. The zero-order valence-corrected chi connectivity index (χ0v) is 4.49. The van der Waals surface area contributed by atoms with E-state index in [4.69, 9.17) is 5.73 Å². The van der Waals surface area contributed by atoms with Crippen LogP contribution in [0.25, 0.3) is 0 Å². The minimum Gasteiger partial charge on any atom is -0.305 e. The van der Waals surface area contributed by atoms with E-state index in [-0.39, 0.29) is 5.78 Å². The van der Waals surface area contributed by atoms with Crippen LogP contribution in [-0.4, -0.2) is 5.78 Å². The van der Waals surface area contributed by atoms with Gasteiger partial charge in [0.05, 0.1) is 0 Å². The molecular formula is C5H8NO. The van der Waals surface area contributed by atoms with E-state index in [1.165, 1.54) is 13.0 Å². The molecule has 0 aromatic rings. The predicted octanol–water partition coefficient (Wildman–Crippen LogP) is 0.762. The first kappa shape index (κ1) is 6.21. The SMILES string of the molecule is CC(=O)/C=C(\C)[NH]. The summed E-state index contributed by atoms with van der Waals surface area (Å²) in [5, 5.41) is 0. The Bertz CT molecular complexity index is 101. The molecule has 0 unspecified atom stereocenters. The number of allylic oxidation sites excluding steroid dienone is 2. The summed E-state index contributed by atoms with van der Waals surface area (Å²) in [6.45, 7) is 3.00. The second-order valence-corrected chi connectivity index (χ2v) is 1.44. The molecule has 7 heavy (non-hydrogen) atoms. The van der Waals surface area contributed by atoms with Gasteiger partial charge in [0.25, 0.3) is 0 Å². The van der Waals surface area contributed by atoms with Crippen molar-refractivity contribution in [3.05, 3.63) is 11.8 Å². The molecular weight excluding hydrogens is 90.1 g/mol. The standard InChI is InChI=1S/C5H8NO/c1-4(6)3-5(2)7/h3,6H,1-2H3/b4-3+. The van der Waals surface area contributed by atoms with E-state index in [0.29, 0.717) is 5.70 Å². The Kier molecular flexibility index (Phi) is 2.12. The van der Waals surface area contributed by atoms with E-state index < -0.39 is 0 Å². The van der Waals surface area contributed by atoms with E-state index in [0.717, 1.165) is 0 Å². The third-order valence-corrected chi connectivity index (χ3v) is 0.420. The van der Waals surface area contributed by atoms with Crippen molar-refractivity contribution in [1.29, 1.82) is 0 Å². The van der Waals surface area contributed by atoms with Gasteiger partial charge in [-0.2, -0.15) is 0 Å². The summed E-state index contributed by atoms with van der Waals surface area (Å²) in [7, 11) is 0. The van der Waals surface area contributed by atoms with Crippen molar-refractivity contribution in [2.45, 2.75) is 13.8 Å². The van der Waals surface area contributed by atoms with Gasteiger partial charge in [-0.25, -0.2) is 0 Å². The quantitative estimate of drug-likeness (QED) is 0.446. The highest BCUT2D eigenvalue weighted by Gasteiger charge is 1.81. The molecule has 0 rings (SSSR count). The molecule has 0 aromatic carbocycles. The van der Waals surface area contributed by atoms with E-state index in [1.807, 2.05) is 0 Å². The van der Waals surface area contributed by atoms with Crippen molar-refractivity contribution in [1.82, 2.24) is 5.73 Å². The largest absolute Gasteiger partial charge is 0.305 e. The number of ketones is 1. The van der Waals surface area contributed by atoms with Crippen LogP contribution in [0, 0.1) is 0 Å². The lowest BCUT2D eigenvalue weighted by atomic mass is 10.3. The highest BCUT2D eigenvalue weighted by atomic mass is 16.1. The lowest BCUT2D eigenvalue weighted by Gasteiger charge is -1.79. The van der Waals surface area contributed by atoms with Gasteiger partial charge in [-0.1, -0.05) is 0 Å². The van der Waals surface area contributed by atoms with E-state index >= 15 is 0 Å². The molecule has 0 aliphatic carbocycles. The Labute approximate surface area is 43.0 Å². The Morgan fingerprint density at radius 3 is 2.00 bits per heavy atom. The van der Waals surface area contributed by atoms with Gasteiger partial charge in [0.15, 0.2) is 5.78 Å². The van der Waals surface area contributed by atoms with Crippen LogP contribution in [0.2, 0.25) is 0 Å². The second kappa shape index (κ2) is 2.39. The van der Waals surface area contributed by atoms with Crippen molar-refractivity contribution in [2.75, 3.05) is 0 Å². The summed E-state index contributed by atoms with van der Waals surface area (Å²) in [6.07, 6.45) is 1.28. The van der Waals surface area contributed by atoms with Crippen LogP contribution in [-0.2, 0) is 4.79 Å². The van der Waals surface area contributed by atoms with Crippen molar-refractivity contribution in [3.63, 3.8) is 0 Å². The molecule has 2 nitrogen and oxygen atoms in total. The van der Waals surface area contributed by atoms with Gasteiger partial charge in [0.2, 0.25) is 0 Å². The van der Waals surface area contributed by atoms with Crippen LogP contribution < -0.4 is 5.73 Å². The Morgan fingerprint density at radius 2 is 2.00 bits per heavy atom. The van der Waals surface area contributed by atoms with E-state index in [1.54, 1.807) is 6.92 Å². The van der Waals surface area contributed by atoms with Gasteiger partial charge >= 0.3 is 0 Å². The molecule has 1 N–H and O–H groups in total. The average Bonchev–Trinajstić information content (AvgIpc) is 1.27. The lowest BCUT2D eigenvalue weighted by Crippen LogP contribution is -1.83. The topological polar surface area (TPSA) is 40.9 Å². The number of carbonyl (C=O) groups excluding carboxylic acids is 1. The number of rotatable bonds is 1. The second-order valence-electron chi connectivity index (χ2n) is 1.44. The van der Waals surface area contributed by atoms with Crippen molar-refractivity contribution >= 4 is 5.78 Å². The molecule has 2 heteroatoms. The van der Waals surface area contributed by atoms with E-state index in [9.17, 15) is 4.79 Å². The number of carbonyl (C=O) groups is 1. The number of hydrogen-bond acceptors (Lipinski definition) is 1. The molecule has 0 spiro atoms. The lowest BCUT2D eigenvalue weighted by molar-refractivity contribution is -0.112. The number of hydrogen-bond donors (Lipinski definition) is 0. The fourth-order valence-corrected chi connectivity index (χ4v) is 0.305. The zero-order chi connectivity index (χ0) is 5.86. The highest BCUT2D eigenvalue weighted by Crippen LogP contribution is 1.80. The maximum Gasteiger partial charge on any atom is 0.154 e. The third-order valence-electron chi connectivity index (χ3n) is 0.420. The average molecular weight is 98.1 g/mol. The first-order chi connectivity index (χ1) is 3.13. The fourth-order valence-electron chi connectivity index (χ4n) is 0.305. The molecule has 0 bridgehead atoms. The molecule has 0 heterocycles. The summed E-state index contributed by atoms with van der Waals surface area (Å²) >= 11 is 0. The maximum absolute atomic E-state index is 10.1. The number of nitrogens with one attached hydrogen (secondary N) is 1. The Morgan fingerprint density at radius 1 is 1.57 bits per heavy atom. The Balaban J connectivity index is 3.68. The minimum absolute atomic E-state index is 0.0625. The molecule has 0 aliphatic rings. The zero-order valence-electron chi connectivity index (χ0n) is 4.49. The first-order valence-corrected chi connectivity index (χ1v) is 2.03. The smallest absolute Gasteiger partial charge is 0.154 e. The normalized spacial score (nSPS) is 11.4. The third kappa shape index (κ3) is 5.21. The van der Waals surface area contributed by atoms with Gasteiger partial charge in [0.1, 0.15) is 0 Å². The fraction of sp³-hybridized carbons (Fsp3) is 0.400. The highest BCUT2D eigenvalue weighted by molar-refractivity contribution is 5.87. The van der Waals surface area contributed by atoms with Gasteiger partial charge in [0, 0.05) is 11.8 Å². The van der Waals surface area contributed by atoms with Crippen LogP contribution in [0.15, 0.2) is 11.8 Å². The molecule has 0 saturated carbocycles. The summed E-state index contributed by atoms with van der Waals surface area (Å²) in [5.74, 6) is -0.0625. The molecule has 0 aromatic heterocycles. The molecule has 0 atom stereocenters. The summed E-state index contributed by atoms with van der Waals surface area (Å²) < 4.78 is 0. The van der Waals surface area contributed by atoms with Gasteiger partial charge in [-0.05, 0) is 13.8 Å². The summed E-state index contributed by atoms with van der Waals surface area (Å²) in [4.78, 5) is 10.1. The van der Waals surface area contributed by atoms with Crippen LogP contribution in [0.4, 0.5) is 0 Å². The van der Waals surface area contributed by atoms with Crippen LogP contribution in [0.3, 0.4) is 0 Å². The minimum atomic E-state index is -0.0625. The van der Waals surface area contributed by atoms with Crippen LogP contribution in [0.1, 0.15) is 13.8 Å². The molecule has 0 saturated heterocycles. The van der Waals surface area contributed by atoms with Crippen LogP contribution in [0.5, 0.6) is 0 Å². The first-order valence-electron chi connectivity index (χ1n) is 2.03. The summed E-state index contributed by atoms with van der Waals surface area (Å²) in [5.41, 5.74) is 7.06. The van der Waals surface area contributed by atoms with Crippen LogP contribution >= 0.6 is 0 Å². The van der Waals surface area contributed by atoms with E-state index in [2.05, 4.69) is 0 Å². The van der Waals surface area contributed by atoms with Gasteiger partial charge in [-0.15, -0.1) is 0 Å². The van der Waals surface area contributed by atoms with Crippen molar-refractivity contribution in [2.24, 2.45) is 0 Å².